The largest absolute Gasteiger partial charge is 0.289 e. The van der Waals surface area contributed by atoms with Crippen LogP contribution in [-0.2, 0) is 10.2 Å². The summed E-state index contributed by atoms with van der Waals surface area (Å²) >= 11 is 1.67. The Morgan fingerprint density at radius 3 is 2.71 bits per heavy atom. The van der Waals surface area contributed by atoms with E-state index < -0.39 is 0 Å². The summed E-state index contributed by atoms with van der Waals surface area (Å²) < 4.78 is 0. The fourth-order valence-corrected chi connectivity index (χ4v) is 2.55. The van der Waals surface area contributed by atoms with E-state index in [1.54, 1.807) is 16.3 Å². The quantitative estimate of drug-likeness (QED) is 0.764. The van der Waals surface area contributed by atoms with E-state index in [4.69, 9.17) is 0 Å². The molecule has 1 fully saturated rings. The van der Waals surface area contributed by atoms with Crippen LogP contribution in [0.3, 0.4) is 0 Å². The Bertz CT molecular complexity index is 328. The monoisotopic (exact) mass is 210 g/mol. The topological polar surface area (TPSA) is 32.3 Å². The van der Waals surface area contributed by atoms with Gasteiger partial charge in [-0.2, -0.15) is 0 Å². The summed E-state index contributed by atoms with van der Waals surface area (Å²) in [6.45, 7) is 0. The molecule has 1 saturated carbocycles. The standard InChI is InChI=1S/C10H14N2OS/c1-12(2)11-9(13)10(5-6-10)8-4-3-7-14-8/h3-4,7H,5-6H2,1-2H3,(H,11,13). The summed E-state index contributed by atoms with van der Waals surface area (Å²) in [4.78, 5) is 13.1. The first-order chi connectivity index (χ1) is 6.65. The SMILES string of the molecule is CN(C)NC(=O)C1(c2cccs2)CC1. The predicted octanol–water partition coefficient (Wildman–Crippen LogP) is 1.37. The van der Waals surface area contributed by atoms with E-state index in [2.05, 4.69) is 5.43 Å². The molecule has 0 unspecified atom stereocenters. The molecule has 0 aromatic carbocycles. The number of rotatable bonds is 3. The molecule has 1 N–H and O–H groups in total. The van der Waals surface area contributed by atoms with Crippen LogP contribution in [0.15, 0.2) is 17.5 Å². The summed E-state index contributed by atoms with van der Waals surface area (Å²) in [6.07, 6.45) is 1.96. The van der Waals surface area contributed by atoms with Crippen molar-refractivity contribution in [2.75, 3.05) is 14.1 Å². The van der Waals surface area contributed by atoms with E-state index >= 15 is 0 Å². The Morgan fingerprint density at radius 2 is 2.29 bits per heavy atom. The van der Waals surface area contributed by atoms with Crippen molar-refractivity contribution >= 4 is 17.2 Å². The Kier molecular flexibility index (Phi) is 2.33. The Balaban J connectivity index is 2.14. The molecule has 0 atom stereocenters. The van der Waals surface area contributed by atoms with Crippen molar-refractivity contribution in [3.8, 4) is 0 Å². The molecule has 1 amide bonds. The Hall–Kier alpha value is -0.870. The highest BCUT2D eigenvalue weighted by atomic mass is 32.1. The minimum atomic E-state index is -0.210. The van der Waals surface area contributed by atoms with Crippen molar-refractivity contribution < 1.29 is 4.79 Å². The maximum atomic E-state index is 11.9. The van der Waals surface area contributed by atoms with Gasteiger partial charge in [0, 0.05) is 19.0 Å². The molecule has 1 heterocycles. The third-order valence-electron chi connectivity index (χ3n) is 2.50. The molecule has 0 spiro atoms. The van der Waals surface area contributed by atoms with Gasteiger partial charge in [-0.05, 0) is 24.3 Å². The lowest BCUT2D eigenvalue weighted by Gasteiger charge is -2.17. The zero-order valence-corrected chi connectivity index (χ0v) is 9.23. The van der Waals surface area contributed by atoms with Crippen molar-refractivity contribution in [1.29, 1.82) is 0 Å². The number of hydrogen-bond donors (Lipinski definition) is 1. The van der Waals surface area contributed by atoms with E-state index in [0.717, 1.165) is 12.8 Å². The predicted molar refractivity (Wildman–Crippen MR) is 57.1 cm³/mol. The minimum Gasteiger partial charge on any atom is -0.289 e. The number of nitrogens with one attached hydrogen (secondary N) is 1. The van der Waals surface area contributed by atoms with E-state index in [9.17, 15) is 4.79 Å². The molecule has 4 heteroatoms. The average molecular weight is 210 g/mol. The molecule has 1 aliphatic rings. The molecule has 1 aromatic rings. The molecule has 0 aliphatic heterocycles. The number of hydrogen-bond acceptors (Lipinski definition) is 3. The van der Waals surface area contributed by atoms with Crippen LogP contribution in [-0.4, -0.2) is 25.0 Å². The Morgan fingerprint density at radius 1 is 1.57 bits per heavy atom. The fourth-order valence-electron chi connectivity index (χ4n) is 1.57. The van der Waals surface area contributed by atoms with Crippen LogP contribution in [0.5, 0.6) is 0 Å². The molecule has 0 bridgehead atoms. The summed E-state index contributed by atoms with van der Waals surface area (Å²) in [7, 11) is 3.67. The molecule has 2 rings (SSSR count). The lowest BCUT2D eigenvalue weighted by molar-refractivity contribution is -0.127. The van der Waals surface area contributed by atoms with Gasteiger partial charge in [0.1, 0.15) is 0 Å². The van der Waals surface area contributed by atoms with E-state index in [0.29, 0.717) is 0 Å². The van der Waals surface area contributed by atoms with Crippen LogP contribution in [0.1, 0.15) is 17.7 Å². The number of thiophene rings is 1. The van der Waals surface area contributed by atoms with Gasteiger partial charge in [-0.1, -0.05) is 6.07 Å². The molecule has 76 valence electrons. The number of hydrazine groups is 1. The highest BCUT2D eigenvalue weighted by Gasteiger charge is 2.52. The molecule has 14 heavy (non-hydrogen) atoms. The first-order valence-electron chi connectivity index (χ1n) is 4.67. The smallest absolute Gasteiger partial charge is 0.245 e. The van der Waals surface area contributed by atoms with Crippen LogP contribution < -0.4 is 5.43 Å². The van der Waals surface area contributed by atoms with Crippen molar-refractivity contribution in [3.63, 3.8) is 0 Å². The first-order valence-corrected chi connectivity index (χ1v) is 5.55. The molecule has 0 radical (unpaired) electrons. The van der Waals surface area contributed by atoms with E-state index in [-0.39, 0.29) is 11.3 Å². The van der Waals surface area contributed by atoms with Gasteiger partial charge in [-0.3, -0.25) is 10.2 Å². The fraction of sp³-hybridized carbons (Fsp3) is 0.500. The number of carbonyl (C=O) groups excluding carboxylic acids is 1. The summed E-state index contributed by atoms with van der Waals surface area (Å²) in [5.74, 6) is 0.130. The van der Waals surface area contributed by atoms with Crippen molar-refractivity contribution in [2.45, 2.75) is 18.3 Å². The van der Waals surface area contributed by atoms with E-state index in [1.165, 1.54) is 4.88 Å². The van der Waals surface area contributed by atoms with Gasteiger partial charge >= 0.3 is 0 Å². The zero-order chi connectivity index (χ0) is 10.2. The molecule has 0 saturated heterocycles. The van der Waals surface area contributed by atoms with Crippen LogP contribution in [0.4, 0.5) is 0 Å². The van der Waals surface area contributed by atoms with Gasteiger partial charge in [0.05, 0.1) is 5.41 Å². The van der Waals surface area contributed by atoms with Gasteiger partial charge < -0.3 is 0 Å². The van der Waals surface area contributed by atoms with Crippen molar-refractivity contribution in [3.05, 3.63) is 22.4 Å². The summed E-state index contributed by atoms with van der Waals surface area (Å²) in [6, 6.07) is 4.05. The Labute approximate surface area is 87.7 Å². The summed E-state index contributed by atoms with van der Waals surface area (Å²) in [5, 5.41) is 3.73. The first kappa shape index (κ1) is 9.68. The molecular weight excluding hydrogens is 196 g/mol. The lowest BCUT2D eigenvalue weighted by Crippen LogP contribution is -2.42. The van der Waals surface area contributed by atoms with Gasteiger partial charge in [-0.25, -0.2) is 5.01 Å². The van der Waals surface area contributed by atoms with Crippen LogP contribution in [0.25, 0.3) is 0 Å². The number of carbonyl (C=O) groups is 1. The van der Waals surface area contributed by atoms with Gasteiger partial charge in [-0.15, -0.1) is 11.3 Å². The van der Waals surface area contributed by atoms with Crippen LogP contribution >= 0.6 is 11.3 Å². The number of amides is 1. The second-order valence-corrected chi connectivity index (χ2v) is 4.84. The number of nitrogens with zero attached hydrogens (tertiary/aromatic N) is 1. The van der Waals surface area contributed by atoms with Crippen molar-refractivity contribution in [1.82, 2.24) is 10.4 Å². The van der Waals surface area contributed by atoms with Gasteiger partial charge in [0.25, 0.3) is 0 Å². The third-order valence-corrected chi connectivity index (χ3v) is 3.58. The normalized spacial score (nSPS) is 18.2. The van der Waals surface area contributed by atoms with E-state index in [1.807, 2.05) is 31.6 Å². The highest BCUT2D eigenvalue weighted by molar-refractivity contribution is 7.10. The van der Waals surface area contributed by atoms with Crippen LogP contribution in [0.2, 0.25) is 0 Å². The molecule has 3 nitrogen and oxygen atoms in total. The van der Waals surface area contributed by atoms with Gasteiger partial charge in [0.15, 0.2) is 0 Å². The van der Waals surface area contributed by atoms with Crippen LogP contribution in [0, 0.1) is 0 Å². The van der Waals surface area contributed by atoms with Gasteiger partial charge in [0.2, 0.25) is 5.91 Å². The maximum absolute atomic E-state index is 11.9. The lowest BCUT2D eigenvalue weighted by atomic mass is 10.0. The third kappa shape index (κ3) is 1.55. The molecular formula is C10H14N2OS. The second-order valence-electron chi connectivity index (χ2n) is 3.89. The second kappa shape index (κ2) is 3.37. The molecule has 1 aromatic heterocycles. The maximum Gasteiger partial charge on any atom is 0.245 e. The zero-order valence-electron chi connectivity index (χ0n) is 8.41. The molecule has 1 aliphatic carbocycles. The highest BCUT2D eigenvalue weighted by Crippen LogP contribution is 2.50. The average Bonchev–Trinajstić information content (AvgIpc) is 2.74. The summed E-state index contributed by atoms with van der Waals surface area (Å²) in [5.41, 5.74) is 2.62. The minimum absolute atomic E-state index is 0.130. The van der Waals surface area contributed by atoms with Crippen molar-refractivity contribution in [2.24, 2.45) is 0 Å².